The molecular formula is C18H30O2. The number of hydrogen-bond donors (Lipinski definition) is 0. The molecule has 0 spiro atoms. The molecule has 3 aliphatic carbocycles. The maximum Gasteiger partial charge on any atom is 0.164 e. The highest BCUT2D eigenvalue weighted by atomic mass is 16.5. The first-order valence-electron chi connectivity index (χ1n) is 8.56. The lowest BCUT2D eigenvalue weighted by Gasteiger charge is -2.50. The average Bonchev–Trinajstić information content (AvgIpc) is 2.74. The quantitative estimate of drug-likeness (QED) is 0.766. The fraction of sp³-hybridized carbons (Fsp3) is 0.944. The molecule has 1 unspecified atom stereocenters. The van der Waals surface area contributed by atoms with Gasteiger partial charge in [-0.05, 0) is 62.2 Å². The lowest BCUT2D eigenvalue weighted by Crippen LogP contribution is -2.55. The van der Waals surface area contributed by atoms with E-state index in [0.29, 0.717) is 23.7 Å². The number of rotatable bonds is 3. The van der Waals surface area contributed by atoms with Crippen LogP contribution in [0.1, 0.15) is 72.6 Å². The zero-order chi connectivity index (χ0) is 14.6. The Balaban J connectivity index is 2.00. The van der Waals surface area contributed by atoms with Crippen LogP contribution in [0.3, 0.4) is 0 Å². The summed E-state index contributed by atoms with van der Waals surface area (Å²) in [7, 11) is 0. The molecule has 4 atom stereocenters. The van der Waals surface area contributed by atoms with Gasteiger partial charge in [0.2, 0.25) is 0 Å². The van der Waals surface area contributed by atoms with Crippen LogP contribution in [0, 0.1) is 22.7 Å². The van der Waals surface area contributed by atoms with E-state index in [2.05, 4.69) is 20.8 Å². The molecule has 0 aromatic carbocycles. The van der Waals surface area contributed by atoms with Crippen LogP contribution in [0.25, 0.3) is 0 Å². The van der Waals surface area contributed by atoms with E-state index in [1.54, 1.807) is 0 Å². The number of carbonyl (C=O) groups is 1. The van der Waals surface area contributed by atoms with Gasteiger partial charge in [0.15, 0.2) is 5.78 Å². The monoisotopic (exact) mass is 278 g/mol. The van der Waals surface area contributed by atoms with Gasteiger partial charge in [-0.15, -0.1) is 0 Å². The maximum atomic E-state index is 12.8. The Labute approximate surface area is 123 Å². The van der Waals surface area contributed by atoms with E-state index in [0.717, 1.165) is 31.6 Å². The number of hydrogen-bond acceptors (Lipinski definition) is 2. The van der Waals surface area contributed by atoms with Gasteiger partial charge >= 0.3 is 0 Å². The van der Waals surface area contributed by atoms with E-state index in [4.69, 9.17) is 4.74 Å². The molecule has 0 heterocycles. The van der Waals surface area contributed by atoms with Crippen LogP contribution in [-0.4, -0.2) is 18.0 Å². The topological polar surface area (TPSA) is 26.3 Å². The predicted octanol–water partition coefficient (Wildman–Crippen LogP) is 4.37. The van der Waals surface area contributed by atoms with Gasteiger partial charge in [0.05, 0.1) is 0 Å². The van der Waals surface area contributed by atoms with Crippen molar-refractivity contribution in [1.82, 2.24) is 0 Å². The summed E-state index contributed by atoms with van der Waals surface area (Å²) in [4.78, 5) is 12.8. The van der Waals surface area contributed by atoms with Gasteiger partial charge in [-0.1, -0.05) is 20.8 Å². The molecule has 2 heteroatoms. The molecule has 0 radical (unpaired) electrons. The van der Waals surface area contributed by atoms with Crippen molar-refractivity contribution in [2.75, 3.05) is 6.61 Å². The second-order valence-corrected chi connectivity index (χ2v) is 8.12. The molecule has 20 heavy (non-hydrogen) atoms. The van der Waals surface area contributed by atoms with Crippen LogP contribution >= 0.6 is 0 Å². The molecule has 2 nitrogen and oxygen atoms in total. The van der Waals surface area contributed by atoms with E-state index in [1.165, 1.54) is 19.3 Å². The third kappa shape index (κ3) is 1.63. The molecule has 2 bridgehead atoms. The molecule has 3 rings (SSSR count). The highest BCUT2D eigenvalue weighted by molar-refractivity contribution is 5.88. The van der Waals surface area contributed by atoms with Gasteiger partial charge in [-0.3, -0.25) is 4.79 Å². The second kappa shape index (κ2) is 4.56. The Bertz CT molecular complexity index is 410. The Kier molecular flexibility index (Phi) is 3.32. The van der Waals surface area contributed by atoms with Gasteiger partial charge < -0.3 is 4.74 Å². The smallest absolute Gasteiger partial charge is 0.164 e. The summed E-state index contributed by atoms with van der Waals surface area (Å²) in [5.74, 6) is 1.63. The highest BCUT2D eigenvalue weighted by Gasteiger charge is 2.67. The maximum absolute atomic E-state index is 12.8. The summed E-state index contributed by atoms with van der Waals surface area (Å²) >= 11 is 0. The number of ketones is 1. The fourth-order valence-electron chi connectivity index (χ4n) is 5.81. The minimum Gasteiger partial charge on any atom is -0.367 e. The Morgan fingerprint density at radius 3 is 2.45 bits per heavy atom. The second-order valence-electron chi connectivity index (χ2n) is 8.12. The average molecular weight is 278 g/mol. The molecule has 3 saturated carbocycles. The van der Waals surface area contributed by atoms with Crippen molar-refractivity contribution in [2.24, 2.45) is 22.7 Å². The van der Waals surface area contributed by atoms with Gasteiger partial charge in [0.25, 0.3) is 0 Å². The van der Waals surface area contributed by atoms with Gasteiger partial charge in [-0.25, -0.2) is 0 Å². The normalized spacial score (nSPS) is 46.9. The van der Waals surface area contributed by atoms with Crippen molar-refractivity contribution in [3.63, 3.8) is 0 Å². The number of fused-ring (bicyclic) bond motifs is 2. The molecule has 114 valence electrons. The van der Waals surface area contributed by atoms with Crippen LogP contribution < -0.4 is 0 Å². The SMILES string of the molecule is CCOC1([C@@H]2C[C@H]3CC[C@]2(C)C3(C)C)CCCCC1=O. The molecule has 0 N–H and O–H groups in total. The summed E-state index contributed by atoms with van der Waals surface area (Å²) in [6.45, 7) is 10.0. The Morgan fingerprint density at radius 2 is 1.95 bits per heavy atom. The lowest BCUT2D eigenvalue weighted by atomic mass is 9.59. The van der Waals surface area contributed by atoms with E-state index < -0.39 is 5.60 Å². The third-order valence-corrected chi connectivity index (χ3v) is 7.43. The minimum atomic E-state index is -0.450. The molecular weight excluding hydrogens is 248 g/mol. The zero-order valence-electron chi connectivity index (χ0n) is 13.6. The van der Waals surface area contributed by atoms with Crippen LogP contribution in [-0.2, 0) is 9.53 Å². The van der Waals surface area contributed by atoms with Crippen molar-refractivity contribution in [3.05, 3.63) is 0 Å². The van der Waals surface area contributed by atoms with E-state index in [1.807, 2.05) is 6.92 Å². The van der Waals surface area contributed by atoms with Crippen LogP contribution in [0.15, 0.2) is 0 Å². The Hall–Kier alpha value is -0.370. The highest BCUT2D eigenvalue weighted by Crippen LogP contribution is 2.71. The van der Waals surface area contributed by atoms with Crippen LogP contribution in [0.2, 0.25) is 0 Å². The zero-order valence-corrected chi connectivity index (χ0v) is 13.6. The van der Waals surface area contributed by atoms with Crippen molar-refractivity contribution < 1.29 is 9.53 Å². The molecule has 0 aliphatic heterocycles. The number of ether oxygens (including phenoxy) is 1. The molecule has 3 fully saturated rings. The fourth-order valence-corrected chi connectivity index (χ4v) is 5.81. The summed E-state index contributed by atoms with van der Waals surface area (Å²) in [5, 5.41) is 0. The van der Waals surface area contributed by atoms with Crippen molar-refractivity contribution in [3.8, 4) is 0 Å². The van der Waals surface area contributed by atoms with Gasteiger partial charge in [-0.2, -0.15) is 0 Å². The molecule has 0 saturated heterocycles. The van der Waals surface area contributed by atoms with E-state index in [9.17, 15) is 4.79 Å². The summed E-state index contributed by atoms with van der Waals surface area (Å²) in [5.41, 5.74) is 0.188. The van der Waals surface area contributed by atoms with Crippen molar-refractivity contribution in [2.45, 2.75) is 78.2 Å². The van der Waals surface area contributed by atoms with Crippen molar-refractivity contribution >= 4 is 5.78 Å². The summed E-state index contributed by atoms with van der Waals surface area (Å²) in [6.07, 6.45) is 7.73. The third-order valence-electron chi connectivity index (χ3n) is 7.43. The first kappa shape index (κ1) is 14.6. The summed E-state index contributed by atoms with van der Waals surface area (Å²) < 4.78 is 6.23. The van der Waals surface area contributed by atoms with Crippen LogP contribution in [0.5, 0.6) is 0 Å². The number of Topliss-reactive ketones (excluding diaryl/α,β-unsaturated/α-hetero) is 1. The molecule has 0 aromatic heterocycles. The van der Waals surface area contributed by atoms with E-state index >= 15 is 0 Å². The largest absolute Gasteiger partial charge is 0.367 e. The lowest BCUT2D eigenvalue weighted by molar-refractivity contribution is -0.170. The minimum absolute atomic E-state index is 0.278. The Morgan fingerprint density at radius 1 is 1.20 bits per heavy atom. The van der Waals surface area contributed by atoms with Crippen molar-refractivity contribution in [1.29, 1.82) is 0 Å². The molecule has 3 aliphatic rings. The molecule has 0 amide bonds. The predicted molar refractivity (Wildman–Crippen MR) is 80.6 cm³/mol. The first-order chi connectivity index (χ1) is 9.38. The van der Waals surface area contributed by atoms with Gasteiger partial charge in [0.1, 0.15) is 5.60 Å². The van der Waals surface area contributed by atoms with E-state index in [-0.39, 0.29) is 5.41 Å². The first-order valence-corrected chi connectivity index (χ1v) is 8.56. The summed E-state index contributed by atoms with van der Waals surface area (Å²) in [6, 6.07) is 0. The standard InChI is InChI=1S/C18H30O2/c1-5-20-18(10-7-6-8-15(18)19)14-12-13-9-11-17(14,4)16(13,2)3/h13-14H,5-12H2,1-4H3/t13-,14-,17+,18?/m1/s1. The number of carbonyl (C=O) groups excluding carboxylic acids is 1. The van der Waals surface area contributed by atoms with Crippen LogP contribution in [0.4, 0.5) is 0 Å². The molecule has 0 aromatic rings. The van der Waals surface area contributed by atoms with Gasteiger partial charge in [0, 0.05) is 18.9 Å².